The predicted molar refractivity (Wildman–Crippen MR) is 65.9 cm³/mol. The van der Waals surface area contributed by atoms with E-state index in [1.807, 2.05) is 19.0 Å². The number of hydrogen-bond donors (Lipinski definition) is 1. The van der Waals surface area contributed by atoms with Crippen molar-refractivity contribution in [3.8, 4) is 0 Å². The monoisotopic (exact) mass is 274 g/mol. The second-order valence-electron chi connectivity index (χ2n) is 3.47. The fraction of sp³-hybridized carbons (Fsp3) is 0.455. The van der Waals surface area contributed by atoms with E-state index in [0.29, 0.717) is 5.69 Å². The molecule has 0 aliphatic carbocycles. The van der Waals surface area contributed by atoms with Gasteiger partial charge in [-0.15, -0.1) is 0 Å². The minimum absolute atomic E-state index is 0.176. The van der Waals surface area contributed by atoms with Crippen LogP contribution in [0.2, 0.25) is 0 Å². The number of halogens is 2. The summed E-state index contributed by atoms with van der Waals surface area (Å²) >= 11 is 3.34. The Hall–Kier alpha value is -0.610. The summed E-state index contributed by atoms with van der Waals surface area (Å²) in [6.07, 6.45) is 0.999. The highest BCUT2D eigenvalue weighted by atomic mass is 79.9. The lowest BCUT2D eigenvalue weighted by atomic mass is 10.2. The highest BCUT2D eigenvalue weighted by Gasteiger charge is 2.07. The van der Waals surface area contributed by atoms with Crippen molar-refractivity contribution in [3.05, 3.63) is 28.5 Å². The van der Waals surface area contributed by atoms with Crippen molar-refractivity contribution in [2.45, 2.75) is 6.42 Å². The number of nitrogens with one attached hydrogen (secondary N) is 1. The second kappa shape index (κ2) is 6.08. The fourth-order valence-electron chi connectivity index (χ4n) is 1.39. The molecule has 0 aliphatic heterocycles. The first-order valence-electron chi connectivity index (χ1n) is 4.96. The highest BCUT2D eigenvalue weighted by molar-refractivity contribution is 9.10. The van der Waals surface area contributed by atoms with Gasteiger partial charge in [0.05, 0.1) is 5.69 Å². The van der Waals surface area contributed by atoms with Gasteiger partial charge in [0.25, 0.3) is 0 Å². The Labute approximate surface area is 98.6 Å². The van der Waals surface area contributed by atoms with E-state index in [4.69, 9.17) is 0 Å². The van der Waals surface area contributed by atoms with Crippen molar-refractivity contribution in [1.82, 2.24) is 5.32 Å². The first-order valence-corrected chi connectivity index (χ1v) is 5.75. The van der Waals surface area contributed by atoms with E-state index in [-0.39, 0.29) is 5.82 Å². The maximum atomic E-state index is 13.5. The first kappa shape index (κ1) is 12.5. The maximum absolute atomic E-state index is 13.5. The number of anilines is 1. The highest BCUT2D eigenvalue weighted by Crippen LogP contribution is 2.22. The molecule has 0 spiro atoms. The van der Waals surface area contributed by atoms with Gasteiger partial charge in [-0.25, -0.2) is 4.39 Å². The van der Waals surface area contributed by atoms with E-state index in [9.17, 15) is 4.39 Å². The van der Waals surface area contributed by atoms with Crippen LogP contribution in [0, 0.1) is 5.82 Å². The van der Waals surface area contributed by atoms with Crippen molar-refractivity contribution in [3.63, 3.8) is 0 Å². The Kier molecular flexibility index (Phi) is 5.05. The lowest BCUT2D eigenvalue weighted by Crippen LogP contribution is -2.23. The second-order valence-corrected chi connectivity index (χ2v) is 4.39. The SMILES string of the molecule is CNCCCN(C)c1cc(Br)ccc1F. The van der Waals surface area contributed by atoms with Crippen LogP contribution >= 0.6 is 15.9 Å². The quantitative estimate of drug-likeness (QED) is 0.831. The Bertz CT molecular complexity index is 317. The van der Waals surface area contributed by atoms with Crippen molar-refractivity contribution < 1.29 is 4.39 Å². The number of nitrogens with zero attached hydrogens (tertiary/aromatic N) is 1. The zero-order chi connectivity index (χ0) is 11.3. The summed E-state index contributed by atoms with van der Waals surface area (Å²) in [4.78, 5) is 1.93. The zero-order valence-electron chi connectivity index (χ0n) is 9.06. The molecule has 0 bridgehead atoms. The molecule has 1 rings (SSSR count). The Morgan fingerprint density at radius 1 is 1.47 bits per heavy atom. The minimum Gasteiger partial charge on any atom is -0.372 e. The Balaban J connectivity index is 2.64. The lowest BCUT2D eigenvalue weighted by molar-refractivity contribution is 0.618. The third kappa shape index (κ3) is 3.80. The van der Waals surface area contributed by atoms with Crippen LogP contribution in [-0.2, 0) is 0 Å². The smallest absolute Gasteiger partial charge is 0.146 e. The van der Waals surface area contributed by atoms with Gasteiger partial charge in [0, 0.05) is 18.1 Å². The predicted octanol–water partition coefficient (Wildman–Crippen LogP) is 2.63. The summed E-state index contributed by atoms with van der Waals surface area (Å²) in [6, 6.07) is 4.99. The van der Waals surface area contributed by atoms with E-state index in [1.165, 1.54) is 6.07 Å². The molecule has 0 atom stereocenters. The summed E-state index contributed by atoms with van der Waals surface area (Å²) in [6.45, 7) is 1.79. The number of benzene rings is 1. The van der Waals surface area contributed by atoms with Gasteiger partial charge >= 0.3 is 0 Å². The summed E-state index contributed by atoms with van der Waals surface area (Å²) < 4.78 is 14.4. The first-order chi connectivity index (χ1) is 7.15. The van der Waals surface area contributed by atoms with Gasteiger partial charge < -0.3 is 10.2 Å². The van der Waals surface area contributed by atoms with Gasteiger partial charge in [0.1, 0.15) is 5.82 Å². The van der Waals surface area contributed by atoms with E-state index in [2.05, 4.69) is 21.2 Å². The van der Waals surface area contributed by atoms with Gasteiger partial charge in [0.2, 0.25) is 0 Å². The van der Waals surface area contributed by atoms with Crippen LogP contribution in [0.1, 0.15) is 6.42 Å². The summed E-state index contributed by atoms with van der Waals surface area (Å²) in [5.41, 5.74) is 0.639. The van der Waals surface area contributed by atoms with Crippen molar-refractivity contribution >= 4 is 21.6 Å². The fourth-order valence-corrected chi connectivity index (χ4v) is 1.74. The number of hydrogen-bond acceptors (Lipinski definition) is 2. The largest absolute Gasteiger partial charge is 0.372 e. The van der Waals surface area contributed by atoms with Crippen LogP contribution in [0.3, 0.4) is 0 Å². The van der Waals surface area contributed by atoms with Crippen LogP contribution in [0.25, 0.3) is 0 Å². The molecule has 0 aliphatic rings. The van der Waals surface area contributed by atoms with Crippen molar-refractivity contribution in [2.75, 3.05) is 32.1 Å². The molecule has 2 nitrogen and oxygen atoms in total. The molecule has 0 radical (unpaired) electrons. The van der Waals surface area contributed by atoms with Crippen LogP contribution in [0.15, 0.2) is 22.7 Å². The third-order valence-electron chi connectivity index (χ3n) is 2.24. The van der Waals surface area contributed by atoms with E-state index in [1.54, 1.807) is 12.1 Å². The molecule has 0 heterocycles. The minimum atomic E-state index is -0.176. The Morgan fingerprint density at radius 3 is 2.87 bits per heavy atom. The molecular weight excluding hydrogens is 259 g/mol. The zero-order valence-corrected chi connectivity index (χ0v) is 10.6. The molecule has 15 heavy (non-hydrogen) atoms. The summed E-state index contributed by atoms with van der Waals surface area (Å²) in [7, 11) is 3.82. The lowest BCUT2D eigenvalue weighted by Gasteiger charge is -2.20. The van der Waals surface area contributed by atoms with E-state index in [0.717, 1.165) is 24.0 Å². The molecule has 0 saturated carbocycles. The molecule has 1 aromatic rings. The van der Waals surface area contributed by atoms with Gasteiger partial charge in [-0.3, -0.25) is 0 Å². The van der Waals surface area contributed by atoms with Crippen LogP contribution in [0.4, 0.5) is 10.1 Å². The normalized spacial score (nSPS) is 10.4. The van der Waals surface area contributed by atoms with Crippen molar-refractivity contribution in [1.29, 1.82) is 0 Å². The molecule has 0 aromatic heterocycles. The number of rotatable bonds is 5. The molecule has 0 unspecified atom stereocenters. The standard InChI is InChI=1S/C11H16BrFN2/c1-14-6-3-7-15(2)11-8-9(12)4-5-10(11)13/h4-5,8,14H,3,6-7H2,1-2H3. The van der Waals surface area contributed by atoms with Gasteiger partial charge in [-0.1, -0.05) is 15.9 Å². The van der Waals surface area contributed by atoms with Gasteiger partial charge in [0.15, 0.2) is 0 Å². The topological polar surface area (TPSA) is 15.3 Å². The van der Waals surface area contributed by atoms with E-state index < -0.39 is 0 Å². The average molecular weight is 275 g/mol. The summed E-state index contributed by atoms with van der Waals surface area (Å²) in [5.74, 6) is -0.176. The van der Waals surface area contributed by atoms with Crippen LogP contribution in [0.5, 0.6) is 0 Å². The van der Waals surface area contributed by atoms with Crippen molar-refractivity contribution in [2.24, 2.45) is 0 Å². The van der Waals surface area contributed by atoms with Gasteiger partial charge in [-0.2, -0.15) is 0 Å². The van der Waals surface area contributed by atoms with E-state index >= 15 is 0 Å². The molecule has 0 fully saturated rings. The summed E-state index contributed by atoms with van der Waals surface area (Å²) in [5, 5.41) is 3.07. The molecule has 1 aromatic carbocycles. The van der Waals surface area contributed by atoms with Crippen LogP contribution in [-0.4, -0.2) is 27.2 Å². The maximum Gasteiger partial charge on any atom is 0.146 e. The third-order valence-corrected chi connectivity index (χ3v) is 2.73. The van der Waals surface area contributed by atoms with Crippen LogP contribution < -0.4 is 10.2 Å². The molecule has 0 amide bonds. The molecule has 0 saturated heterocycles. The molecular formula is C11H16BrFN2. The Morgan fingerprint density at radius 2 is 2.20 bits per heavy atom. The van der Waals surface area contributed by atoms with Gasteiger partial charge in [-0.05, 0) is 38.2 Å². The molecule has 1 N–H and O–H groups in total. The average Bonchev–Trinajstić information content (AvgIpc) is 2.22. The molecule has 84 valence electrons. The molecule has 4 heteroatoms.